The largest absolute Gasteiger partial charge is 0.489 e. The zero-order chi connectivity index (χ0) is 14.5. The van der Waals surface area contributed by atoms with Crippen molar-refractivity contribution in [1.82, 2.24) is 5.43 Å². The number of furan rings is 1. The first-order valence-electron chi connectivity index (χ1n) is 5.93. The average molecular weight is 274 g/mol. The summed E-state index contributed by atoms with van der Waals surface area (Å²) in [5.41, 5.74) is 3.13. The Labute approximate surface area is 115 Å². The molecule has 1 heterocycles. The summed E-state index contributed by atoms with van der Waals surface area (Å²) in [5.74, 6) is 5.14. The van der Waals surface area contributed by atoms with Crippen LogP contribution in [0.25, 0.3) is 0 Å². The van der Waals surface area contributed by atoms with Gasteiger partial charge in [0.05, 0.1) is 6.26 Å². The lowest BCUT2D eigenvalue weighted by molar-refractivity contribution is 0.0922. The Morgan fingerprint density at radius 3 is 2.85 bits per heavy atom. The number of nitrogen functional groups attached to an aromatic ring is 1. The number of carbonyl (C=O) groups excluding carboxylic acids is 2. The van der Waals surface area contributed by atoms with E-state index < -0.39 is 5.91 Å². The van der Waals surface area contributed by atoms with Gasteiger partial charge in [0, 0.05) is 11.1 Å². The molecule has 0 unspecified atom stereocenters. The summed E-state index contributed by atoms with van der Waals surface area (Å²) >= 11 is 0. The highest BCUT2D eigenvalue weighted by Gasteiger charge is 2.14. The molecule has 6 heteroatoms. The summed E-state index contributed by atoms with van der Waals surface area (Å²) in [6.07, 6.45) is 1.38. The van der Waals surface area contributed by atoms with E-state index in [0.717, 1.165) is 0 Å². The molecule has 0 aliphatic rings. The van der Waals surface area contributed by atoms with E-state index in [0.29, 0.717) is 16.9 Å². The SMILES string of the molecule is CC(=O)c1cccc(OCc2ccoc2C(=O)NN)c1. The zero-order valence-electron chi connectivity index (χ0n) is 10.9. The Bertz CT molecular complexity index is 634. The van der Waals surface area contributed by atoms with Crippen molar-refractivity contribution < 1.29 is 18.7 Å². The second-order valence-corrected chi connectivity index (χ2v) is 4.12. The standard InChI is InChI=1S/C14H14N2O4/c1-9(17)10-3-2-4-12(7-10)20-8-11-5-6-19-13(11)14(18)16-15/h2-7H,8,15H2,1H3,(H,16,18). The van der Waals surface area contributed by atoms with E-state index in [1.807, 2.05) is 5.43 Å². The van der Waals surface area contributed by atoms with Gasteiger partial charge in [-0.2, -0.15) is 0 Å². The summed E-state index contributed by atoms with van der Waals surface area (Å²) < 4.78 is 10.6. The van der Waals surface area contributed by atoms with E-state index in [4.69, 9.17) is 15.0 Å². The number of nitrogens with two attached hydrogens (primary N) is 1. The van der Waals surface area contributed by atoms with Gasteiger partial charge in [-0.15, -0.1) is 0 Å². The van der Waals surface area contributed by atoms with Crippen LogP contribution >= 0.6 is 0 Å². The molecule has 3 N–H and O–H groups in total. The van der Waals surface area contributed by atoms with Crippen molar-refractivity contribution in [2.24, 2.45) is 5.84 Å². The highest BCUT2D eigenvalue weighted by atomic mass is 16.5. The lowest BCUT2D eigenvalue weighted by Gasteiger charge is -2.07. The normalized spacial score (nSPS) is 10.1. The van der Waals surface area contributed by atoms with Crippen LogP contribution in [0.15, 0.2) is 41.0 Å². The number of hydrogen-bond acceptors (Lipinski definition) is 5. The van der Waals surface area contributed by atoms with Crippen LogP contribution in [0.5, 0.6) is 5.75 Å². The molecular formula is C14H14N2O4. The van der Waals surface area contributed by atoms with E-state index in [2.05, 4.69) is 0 Å². The summed E-state index contributed by atoms with van der Waals surface area (Å²) in [5, 5.41) is 0. The predicted molar refractivity (Wildman–Crippen MR) is 71.1 cm³/mol. The first kappa shape index (κ1) is 13.8. The highest BCUT2D eigenvalue weighted by molar-refractivity contribution is 5.94. The summed E-state index contributed by atoms with van der Waals surface area (Å²) in [6.45, 7) is 1.62. The third-order valence-electron chi connectivity index (χ3n) is 2.72. The van der Waals surface area contributed by atoms with Gasteiger partial charge in [0.25, 0.3) is 0 Å². The molecule has 1 aromatic heterocycles. The monoisotopic (exact) mass is 274 g/mol. The molecule has 0 spiro atoms. The first-order valence-corrected chi connectivity index (χ1v) is 5.93. The molecule has 1 aromatic carbocycles. The molecule has 0 bridgehead atoms. The lowest BCUT2D eigenvalue weighted by Crippen LogP contribution is -2.30. The van der Waals surface area contributed by atoms with Crippen LogP contribution in [0.4, 0.5) is 0 Å². The molecule has 0 saturated heterocycles. The molecule has 0 saturated carbocycles. The Hall–Kier alpha value is -2.60. The smallest absolute Gasteiger partial charge is 0.301 e. The molecule has 0 radical (unpaired) electrons. The van der Waals surface area contributed by atoms with Crippen LogP contribution in [0.2, 0.25) is 0 Å². The van der Waals surface area contributed by atoms with E-state index in [9.17, 15) is 9.59 Å². The summed E-state index contributed by atoms with van der Waals surface area (Å²) in [6, 6.07) is 8.44. The van der Waals surface area contributed by atoms with Crippen LogP contribution in [0, 0.1) is 0 Å². The fourth-order valence-corrected chi connectivity index (χ4v) is 1.68. The Morgan fingerprint density at radius 2 is 2.15 bits per heavy atom. The van der Waals surface area contributed by atoms with Crippen LogP contribution < -0.4 is 16.0 Å². The van der Waals surface area contributed by atoms with Gasteiger partial charge in [-0.3, -0.25) is 15.0 Å². The van der Waals surface area contributed by atoms with Gasteiger partial charge >= 0.3 is 5.91 Å². The van der Waals surface area contributed by atoms with Crippen molar-refractivity contribution in [3.05, 3.63) is 53.5 Å². The van der Waals surface area contributed by atoms with Gasteiger partial charge in [0.15, 0.2) is 11.5 Å². The Morgan fingerprint density at radius 1 is 1.35 bits per heavy atom. The third-order valence-corrected chi connectivity index (χ3v) is 2.72. The fraction of sp³-hybridized carbons (Fsp3) is 0.143. The quantitative estimate of drug-likeness (QED) is 0.374. The maximum atomic E-state index is 11.4. The molecule has 0 atom stereocenters. The van der Waals surface area contributed by atoms with Gasteiger partial charge in [-0.25, -0.2) is 5.84 Å². The average Bonchev–Trinajstić information content (AvgIpc) is 2.93. The second-order valence-electron chi connectivity index (χ2n) is 4.12. The van der Waals surface area contributed by atoms with Gasteiger partial charge in [0.2, 0.25) is 0 Å². The number of amides is 1. The van der Waals surface area contributed by atoms with Gasteiger partial charge in [0.1, 0.15) is 12.4 Å². The number of nitrogens with one attached hydrogen (secondary N) is 1. The Balaban J connectivity index is 2.09. The maximum absolute atomic E-state index is 11.4. The second kappa shape index (κ2) is 6.03. The van der Waals surface area contributed by atoms with Crippen molar-refractivity contribution in [3.63, 3.8) is 0 Å². The topological polar surface area (TPSA) is 94.6 Å². The lowest BCUT2D eigenvalue weighted by atomic mass is 10.1. The van der Waals surface area contributed by atoms with E-state index >= 15 is 0 Å². The molecule has 20 heavy (non-hydrogen) atoms. The van der Waals surface area contributed by atoms with Gasteiger partial charge in [-0.1, -0.05) is 12.1 Å². The minimum atomic E-state index is -0.522. The van der Waals surface area contributed by atoms with Crippen LogP contribution in [-0.4, -0.2) is 11.7 Å². The molecule has 2 aromatic rings. The van der Waals surface area contributed by atoms with Crippen molar-refractivity contribution in [2.75, 3.05) is 0 Å². The van der Waals surface area contributed by atoms with Crippen molar-refractivity contribution in [1.29, 1.82) is 0 Å². The van der Waals surface area contributed by atoms with E-state index in [1.165, 1.54) is 13.2 Å². The first-order chi connectivity index (χ1) is 9.61. The number of Topliss-reactive ketones (excluding diaryl/α,β-unsaturated/α-hetero) is 1. The molecule has 104 valence electrons. The summed E-state index contributed by atoms with van der Waals surface area (Å²) in [7, 11) is 0. The fourth-order valence-electron chi connectivity index (χ4n) is 1.68. The number of benzene rings is 1. The van der Waals surface area contributed by atoms with Crippen molar-refractivity contribution >= 4 is 11.7 Å². The van der Waals surface area contributed by atoms with E-state index in [1.54, 1.807) is 30.3 Å². The molecule has 6 nitrogen and oxygen atoms in total. The van der Waals surface area contributed by atoms with Gasteiger partial charge in [-0.05, 0) is 25.1 Å². The molecular weight excluding hydrogens is 260 g/mol. The molecule has 0 aliphatic carbocycles. The summed E-state index contributed by atoms with van der Waals surface area (Å²) in [4.78, 5) is 22.7. The minimum absolute atomic E-state index is 0.0399. The number of ketones is 1. The predicted octanol–water partition coefficient (Wildman–Crippen LogP) is 1.66. The van der Waals surface area contributed by atoms with Crippen LogP contribution in [0.3, 0.4) is 0 Å². The number of rotatable bonds is 5. The number of carbonyl (C=O) groups is 2. The van der Waals surface area contributed by atoms with E-state index in [-0.39, 0.29) is 18.2 Å². The maximum Gasteiger partial charge on any atom is 0.301 e. The molecule has 0 fully saturated rings. The van der Waals surface area contributed by atoms with Crippen LogP contribution in [0.1, 0.15) is 33.4 Å². The zero-order valence-corrected chi connectivity index (χ0v) is 10.9. The van der Waals surface area contributed by atoms with Gasteiger partial charge < -0.3 is 9.15 Å². The number of hydrogen-bond donors (Lipinski definition) is 2. The highest BCUT2D eigenvalue weighted by Crippen LogP contribution is 2.17. The molecule has 2 rings (SSSR count). The molecule has 1 amide bonds. The van der Waals surface area contributed by atoms with Crippen LogP contribution in [-0.2, 0) is 6.61 Å². The molecule has 0 aliphatic heterocycles. The van der Waals surface area contributed by atoms with Crippen molar-refractivity contribution in [3.8, 4) is 5.75 Å². The number of hydrazine groups is 1. The number of ether oxygens (including phenoxy) is 1. The third kappa shape index (κ3) is 3.04. The Kier molecular flexibility index (Phi) is 4.17. The van der Waals surface area contributed by atoms with Crippen molar-refractivity contribution in [2.45, 2.75) is 13.5 Å². The minimum Gasteiger partial charge on any atom is -0.489 e.